The van der Waals surface area contributed by atoms with Crippen LogP contribution < -0.4 is 10.4 Å². The van der Waals surface area contributed by atoms with Crippen molar-refractivity contribution in [3.8, 4) is 5.75 Å². The molecule has 1 atom stereocenters. The maximum absolute atomic E-state index is 11.1. The quantitative estimate of drug-likeness (QED) is 0.769. The Balaban J connectivity index is 3.32. The fourth-order valence-electron chi connectivity index (χ4n) is 1.40. The number of ether oxygens (including phenoxy) is 1. The molecule has 0 aliphatic rings. The smallest absolute Gasteiger partial charge is 0.339 e. The highest BCUT2D eigenvalue weighted by molar-refractivity contribution is 5.37. The molecule has 0 saturated carbocycles. The summed E-state index contributed by atoms with van der Waals surface area (Å²) >= 11 is 0. The summed E-state index contributed by atoms with van der Waals surface area (Å²) in [5, 5.41) is 9.78. The molecule has 15 heavy (non-hydrogen) atoms. The van der Waals surface area contributed by atoms with E-state index in [1.54, 1.807) is 26.0 Å². The first kappa shape index (κ1) is 11.5. The number of aliphatic hydroxyl groups is 1. The minimum Gasteiger partial charge on any atom is -0.496 e. The van der Waals surface area contributed by atoms with Crippen LogP contribution >= 0.6 is 0 Å². The summed E-state index contributed by atoms with van der Waals surface area (Å²) in [7, 11) is 1.44. The summed E-state index contributed by atoms with van der Waals surface area (Å²) in [6.45, 7) is 3.41. The normalized spacial score (nSPS) is 13.1. The van der Waals surface area contributed by atoms with Crippen LogP contribution in [0.1, 0.15) is 24.4 Å². The Morgan fingerprint density at radius 1 is 1.60 bits per heavy atom. The van der Waals surface area contributed by atoms with E-state index >= 15 is 0 Å². The van der Waals surface area contributed by atoms with E-state index in [2.05, 4.69) is 0 Å². The fraction of sp³-hybridized carbons (Fsp3) is 0.364. The van der Waals surface area contributed by atoms with Gasteiger partial charge in [0.25, 0.3) is 0 Å². The predicted octanol–water partition coefficient (Wildman–Crippen LogP) is 1.57. The van der Waals surface area contributed by atoms with Crippen molar-refractivity contribution < 1.29 is 14.3 Å². The number of methoxy groups -OCH3 is 1. The predicted molar refractivity (Wildman–Crippen MR) is 56.0 cm³/mol. The minimum absolute atomic E-state index is 0.342. The van der Waals surface area contributed by atoms with Gasteiger partial charge in [-0.1, -0.05) is 12.2 Å². The second-order valence-electron chi connectivity index (χ2n) is 3.07. The monoisotopic (exact) mass is 210 g/mol. The molecule has 0 aliphatic carbocycles. The molecular formula is C11H14O4. The lowest BCUT2D eigenvalue weighted by Gasteiger charge is -2.12. The number of aliphatic hydroxyl groups excluding tert-OH is 1. The lowest BCUT2D eigenvalue weighted by atomic mass is 10.1. The SMILES string of the molecule is C/C=C/C(O)c1c(OC)cc(=O)oc1C. The van der Waals surface area contributed by atoms with Crippen molar-refractivity contribution in [3.63, 3.8) is 0 Å². The second kappa shape index (κ2) is 4.79. The van der Waals surface area contributed by atoms with Gasteiger partial charge in [-0.3, -0.25) is 0 Å². The molecule has 4 heteroatoms. The van der Waals surface area contributed by atoms with Crippen molar-refractivity contribution in [1.29, 1.82) is 0 Å². The molecule has 0 spiro atoms. The van der Waals surface area contributed by atoms with Crippen LogP contribution in [-0.4, -0.2) is 12.2 Å². The van der Waals surface area contributed by atoms with Gasteiger partial charge in [0.1, 0.15) is 17.6 Å². The summed E-state index contributed by atoms with van der Waals surface area (Å²) < 4.78 is 9.91. The van der Waals surface area contributed by atoms with E-state index in [4.69, 9.17) is 9.15 Å². The lowest BCUT2D eigenvalue weighted by Crippen LogP contribution is -2.07. The van der Waals surface area contributed by atoms with Crippen molar-refractivity contribution in [1.82, 2.24) is 0 Å². The largest absolute Gasteiger partial charge is 0.496 e. The highest BCUT2D eigenvalue weighted by Crippen LogP contribution is 2.27. The Bertz CT molecular complexity index is 417. The molecule has 0 bridgehead atoms. The molecule has 0 radical (unpaired) electrons. The van der Waals surface area contributed by atoms with Crippen molar-refractivity contribution in [2.24, 2.45) is 0 Å². The second-order valence-corrected chi connectivity index (χ2v) is 3.07. The molecule has 4 nitrogen and oxygen atoms in total. The van der Waals surface area contributed by atoms with Crippen molar-refractivity contribution in [2.75, 3.05) is 7.11 Å². The van der Waals surface area contributed by atoms with Crippen molar-refractivity contribution in [3.05, 3.63) is 40.0 Å². The van der Waals surface area contributed by atoms with Crippen LogP contribution in [0.5, 0.6) is 5.75 Å². The van der Waals surface area contributed by atoms with Crippen LogP contribution in [-0.2, 0) is 0 Å². The minimum atomic E-state index is -0.825. The summed E-state index contributed by atoms with van der Waals surface area (Å²) in [5.74, 6) is 0.708. The van der Waals surface area contributed by atoms with E-state index < -0.39 is 11.7 Å². The number of aryl methyl sites for hydroxylation is 1. The highest BCUT2D eigenvalue weighted by atomic mass is 16.5. The molecule has 0 amide bonds. The van der Waals surface area contributed by atoms with Crippen LogP contribution in [0.25, 0.3) is 0 Å². The van der Waals surface area contributed by atoms with Gasteiger partial charge in [-0.2, -0.15) is 0 Å². The van der Waals surface area contributed by atoms with E-state index in [0.29, 0.717) is 17.1 Å². The molecule has 1 heterocycles. The third-order valence-electron chi connectivity index (χ3n) is 2.04. The van der Waals surface area contributed by atoms with E-state index in [-0.39, 0.29) is 0 Å². The summed E-state index contributed by atoms with van der Waals surface area (Å²) in [4.78, 5) is 11.1. The van der Waals surface area contributed by atoms with Gasteiger partial charge in [-0.25, -0.2) is 4.79 Å². The Morgan fingerprint density at radius 2 is 2.27 bits per heavy atom. The van der Waals surface area contributed by atoms with Crippen molar-refractivity contribution >= 4 is 0 Å². The lowest BCUT2D eigenvalue weighted by molar-refractivity contribution is 0.215. The first-order valence-corrected chi connectivity index (χ1v) is 4.59. The molecule has 0 fully saturated rings. The summed E-state index contributed by atoms with van der Waals surface area (Å²) in [5.41, 5.74) is -0.00372. The average molecular weight is 210 g/mol. The van der Waals surface area contributed by atoms with Crippen LogP contribution in [0, 0.1) is 6.92 Å². The van der Waals surface area contributed by atoms with Gasteiger partial charge >= 0.3 is 5.63 Å². The van der Waals surface area contributed by atoms with E-state index in [0.717, 1.165) is 0 Å². The fourth-order valence-corrected chi connectivity index (χ4v) is 1.40. The van der Waals surface area contributed by atoms with E-state index in [9.17, 15) is 9.90 Å². The molecule has 1 N–H and O–H groups in total. The molecule has 1 rings (SSSR count). The summed E-state index contributed by atoms with van der Waals surface area (Å²) in [6, 6.07) is 1.22. The molecule has 0 aliphatic heterocycles. The van der Waals surface area contributed by atoms with Gasteiger partial charge in [0.15, 0.2) is 0 Å². The van der Waals surface area contributed by atoms with Crippen LogP contribution in [0.4, 0.5) is 0 Å². The molecule has 1 aromatic heterocycles. The zero-order valence-corrected chi connectivity index (χ0v) is 8.98. The zero-order valence-electron chi connectivity index (χ0n) is 8.98. The highest BCUT2D eigenvalue weighted by Gasteiger charge is 2.16. The Morgan fingerprint density at radius 3 is 2.80 bits per heavy atom. The third-order valence-corrected chi connectivity index (χ3v) is 2.04. The number of hydrogen-bond donors (Lipinski definition) is 1. The Hall–Kier alpha value is -1.55. The molecular weight excluding hydrogens is 196 g/mol. The zero-order chi connectivity index (χ0) is 11.4. The van der Waals surface area contributed by atoms with E-state index in [1.807, 2.05) is 0 Å². The molecule has 82 valence electrons. The Labute approximate surface area is 87.8 Å². The number of allylic oxidation sites excluding steroid dienone is 1. The average Bonchev–Trinajstić information content (AvgIpc) is 2.16. The van der Waals surface area contributed by atoms with Crippen molar-refractivity contribution in [2.45, 2.75) is 20.0 Å². The van der Waals surface area contributed by atoms with Gasteiger partial charge in [0.05, 0.1) is 18.7 Å². The number of rotatable bonds is 3. The third kappa shape index (κ3) is 2.47. The maximum atomic E-state index is 11.1. The van der Waals surface area contributed by atoms with Gasteiger partial charge in [-0.15, -0.1) is 0 Å². The van der Waals surface area contributed by atoms with Crippen LogP contribution in [0.2, 0.25) is 0 Å². The van der Waals surface area contributed by atoms with Gasteiger partial charge < -0.3 is 14.3 Å². The van der Waals surface area contributed by atoms with Gasteiger partial charge in [-0.05, 0) is 13.8 Å². The Kier molecular flexibility index (Phi) is 3.68. The first-order valence-electron chi connectivity index (χ1n) is 4.59. The molecule has 1 aromatic rings. The first-order chi connectivity index (χ1) is 7.10. The summed E-state index contributed by atoms with van der Waals surface area (Å²) in [6.07, 6.45) is 2.48. The van der Waals surface area contributed by atoms with Gasteiger partial charge in [0.2, 0.25) is 0 Å². The maximum Gasteiger partial charge on any atom is 0.339 e. The standard InChI is InChI=1S/C11H14O4/c1-4-5-8(12)11-7(2)15-10(13)6-9(11)14-3/h4-6,8,12H,1-3H3/b5-4+. The van der Waals surface area contributed by atoms with Crippen LogP contribution in [0.3, 0.4) is 0 Å². The molecule has 1 unspecified atom stereocenters. The van der Waals surface area contributed by atoms with Crippen LogP contribution in [0.15, 0.2) is 27.4 Å². The molecule has 0 saturated heterocycles. The van der Waals surface area contributed by atoms with E-state index in [1.165, 1.54) is 13.2 Å². The topological polar surface area (TPSA) is 59.7 Å². The molecule has 0 aromatic carbocycles. The van der Waals surface area contributed by atoms with Gasteiger partial charge in [0, 0.05) is 0 Å². The number of hydrogen-bond acceptors (Lipinski definition) is 4.